The molecule has 1 aliphatic rings. The van der Waals surface area contributed by atoms with E-state index in [-0.39, 0.29) is 0 Å². The molecule has 146 valence electrons. The number of hydrogen-bond acceptors (Lipinski definition) is 3. The second-order valence-corrected chi connectivity index (χ2v) is 7.15. The van der Waals surface area contributed by atoms with Gasteiger partial charge in [0.1, 0.15) is 17.9 Å². The Labute approximate surface area is 162 Å². The summed E-state index contributed by atoms with van der Waals surface area (Å²) < 4.78 is 13.2. The van der Waals surface area contributed by atoms with Crippen LogP contribution in [0, 0.1) is 12.7 Å². The summed E-state index contributed by atoms with van der Waals surface area (Å²) in [6.45, 7) is 2.92. The number of imide groups is 1. The molecular weight excluding hydrogens is 361 g/mol. The maximum Gasteiger partial charge on any atom is 0.325 e. The van der Waals surface area contributed by atoms with Gasteiger partial charge in [0.25, 0.3) is 5.91 Å². The summed E-state index contributed by atoms with van der Waals surface area (Å²) >= 11 is 0. The molecule has 0 spiro atoms. The van der Waals surface area contributed by atoms with Crippen molar-refractivity contribution in [1.29, 1.82) is 0 Å². The molecule has 0 bridgehead atoms. The Balaban J connectivity index is 1.63. The lowest BCUT2D eigenvalue weighted by molar-refractivity contribution is -0.133. The number of aryl methyl sites for hydroxylation is 2. The third-order valence-corrected chi connectivity index (χ3v) is 4.87. The standard InChI is InChI=1S/C21H22FN3O3/c1-14-12-16(22)8-9-17(14)23-18(26)13-25-19(27)21(2,24-20(25)28)11-10-15-6-4-3-5-7-15/h3-9,12H,10-11,13H2,1-2H3,(H,23,26)(H,24,28)/t21-/m0/s1. The first kappa shape index (κ1) is 19.5. The van der Waals surface area contributed by atoms with Gasteiger partial charge in [0.05, 0.1) is 0 Å². The average Bonchev–Trinajstić information content (AvgIpc) is 2.87. The highest BCUT2D eigenvalue weighted by Gasteiger charge is 2.47. The van der Waals surface area contributed by atoms with Gasteiger partial charge in [-0.25, -0.2) is 9.18 Å². The summed E-state index contributed by atoms with van der Waals surface area (Å²) in [5.41, 5.74) is 0.997. The van der Waals surface area contributed by atoms with E-state index in [4.69, 9.17) is 0 Å². The van der Waals surface area contributed by atoms with Crippen molar-refractivity contribution in [2.24, 2.45) is 0 Å². The van der Waals surface area contributed by atoms with Crippen LogP contribution >= 0.6 is 0 Å². The number of anilines is 1. The van der Waals surface area contributed by atoms with E-state index in [0.29, 0.717) is 24.1 Å². The van der Waals surface area contributed by atoms with E-state index in [1.165, 1.54) is 18.2 Å². The van der Waals surface area contributed by atoms with Crippen LogP contribution in [0.25, 0.3) is 0 Å². The van der Waals surface area contributed by atoms with E-state index >= 15 is 0 Å². The molecule has 7 heteroatoms. The van der Waals surface area contributed by atoms with Crippen molar-refractivity contribution in [2.45, 2.75) is 32.2 Å². The van der Waals surface area contributed by atoms with Crippen LogP contribution in [0.15, 0.2) is 48.5 Å². The Morgan fingerprint density at radius 1 is 1.18 bits per heavy atom. The number of carbonyl (C=O) groups is 3. The van der Waals surface area contributed by atoms with Crippen molar-refractivity contribution in [3.05, 3.63) is 65.5 Å². The summed E-state index contributed by atoms with van der Waals surface area (Å²) in [5, 5.41) is 5.31. The first-order chi connectivity index (χ1) is 13.3. The molecule has 0 aromatic heterocycles. The molecule has 1 aliphatic heterocycles. The van der Waals surface area contributed by atoms with Gasteiger partial charge in [-0.15, -0.1) is 0 Å². The minimum Gasteiger partial charge on any atom is -0.324 e. The smallest absolute Gasteiger partial charge is 0.324 e. The zero-order valence-corrected chi connectivity index (χ0v) is 15.8. The molecule has 0 aliphatic carbocycles. The van der Waals surface area contributed by atoms with Gasteiger partial charge in [0.2, 0.25) is 5.91 Å². The highest BCUT2D eigenvalue weighted by Crippen LogP contribution is 2.23. The minimum absolute atomic E-state index is 0.400. The monoisotopic (exact) mass is 383 g/mol. The van der Waals surface area contributed by atoms with E-state index in [9.17, 15) is 18.8 Å². The van der Waals surface area contributed by atoms with Crippen molar-refractivity contribution in [2.75, 3.05) is 11.9 Å². The van der Waals surface area contributed by atoms with Crippen molar-refractivity contribution < 1.29 is 18.8 Å². The largest absolute Gasteiger partial charge is 0.325 e. The van der Waals surface area contributed by atoms with Gasteiger partial charge in [-0.2, -0.15) is 0 Å². The normalized spacial score (nSPS) is 18.9. The predicted molar refractivity (Wildman–Crippen MR) is 103 cm³/mol. The molecule has 4 amide bonds. The molecular formula is C21H22FN3O3. The number of urea groups is 1. The Kier molecular flexibility index (Phi) is 5.44. The van der Waals surface area contributed by atoms with Crippen molar-refractivity contribution in [3.63, 3.8) is 0 Å². The van der Waals surface area contributed by atoms with Crippen LogP contribution in [0.3, 0.4) is 0 Å². The SMILES string of the molecule is Cc1cc(F)ccc1NC(=O)CN1C(=O)N[C@@](C)(CCc2ccccc2)C1=O. The van der Waals surface area contributed by atoms with Gasteiger partial charge >= 0.3 is 6.03 Å². The number of halogens is 1. The van der Waals surface area contributed by atoms with E-state index in [2.05, 4.69) is 10.6 Å². The fraction of sp³-hybridized carbons (Fsp3) is 0.286. The number of benzene rings is 2. The van der Waals surface area contributed by atoms with E-state index in [1.807, 2.05) is 30.3 Å². The molecule has 1 fully saturated rings. The van der Waals surface area contributed by atoms with Crippen LogP contribution in [-0.4, -0.2) is 34.8 Å². The lowest BCUT2D eigenvalue weighted by Crippen LogP contribution is -2.45. The number of amides is 4. The minimum atomic E-state index is -1.06. The molecule has 0 unspecified atom stereocenters. The number of carbonyl (C=O) groups excluding carboxylic acids is 3. The molecule has 6 nitrogen and oxygen atoms in total. The lowest BCUT2D eigenvalue weighted by atomic mass is 9.93. The Hall–Kier alpha value is -3.22. The van der Waals surface area contributed by atoms with Crippen LogP contribution in [0.5, 0.6) is 0 Å². The summed E-state index contributed by atoms with van der Waals surface area (Å²) in [4.78, 5) is 38.3. The second-order valence-electron chi connectivity index (χ2n) is 7.15. The molecule has 0 saturated carbocycles. The second kappa shape index (κ2) is 7.80. The number of nitrogens with zero attached hydrogens (tertiary/aromatic N) is 1. The van der Waals surface area contributed by atoms with Gasteiger partial charge in [0.15, 0.2) is 0 Å². The van der Waals surface area contributed by atoms with Crippen LogP contribution in [0.1, 0.15) is 24.5 Å². The fourth-order valence-corrected chi connectivity index (χ4v) is 3.20. The molecule has 0 radical (unpaired) electrons. The van der Waals surface area contributed by atoms with Crippen LogP contribution in [0.2, 0.25) is 0 Å². The van der Waals surface area contributed by atoms with E-state index in [0.717, 1.165) is 10.5 Å². The summed E-state index contributed by atoms with van der Waals surface area (Å²) in [5.74, 6) is -1.36. The van der Waals surface area contributed by atoms with Crippen LogP contribution in [0.4, 0.5) is 14.9 Å². The highest BCUT2D eigenvalue weighted by molar-refractivity contribution is 6.10. The number of rotatable bonds is 6. The van der Waals surface area contributed by atoms with Gasteiger partial charge in [-0.1, -0.05) is 30.3 Å². The molecule has 1 saturated heterocycles. The molecule has 2 N–H and O–H groups in total. The topological polar surface area (TPSA) is 78.5 Å². The summed E-state index contributed by atoms with van der Waals surface area (Å²) in [7, 11) is 0. The average molecular weight is 383 g/mol. The summed E-state index contributed by atoms with van der Waals surface area (Å²) in [6.07, 6.45) is 1.05. The molecule has 1 atom stereocenters. The zero-order valence-electron chi connectivity index (χ0n) is 15.8. The fourth-order valence-electron chi connectivity index (χ4n) is 3.20. The van der Waals surface area contributed by atoms with Crippen LogP contribution < -0.4 is 10.6 Å². The van der Waals surface area contributed by atoms with Gasteiger partial charge in [-0.3, -0.25) is 14.5 Å². The molecule has 28 heavy (non-hydrogen) atoms. The summed E-state index contributed by atoms with van der Waals surface area (Å²) in [6, 6.07) is 13.0. The van der Waals surface area contributed by atoms with Crippen molar-refractivity contribution in [1.82, 2.24) is 10.2 Å². The van der Waals surface area contributed by atoms with E-state index in [1.54, 1.807) is 13.8 Å². The van der Waals surface area contributed by atoms with Gasteiger partial charge in [-0.05, 0) is 56.0 Å². The third-order valence-electron chi connectivity index (χ3n) is 4.87. The van der Waals surface area contributed by atoms with Gasteiger partial charge in [0, 0.05) is 5.69 Å². The van der Waals surface area contributed by atoms with Crippen molar-refractivity contribution in [3.8, 4) is 0 Å². The molecule has 1 heterocycles. The maximum atomic E-state index is 13.2. The van der Waals surface area contributed by atoms with Gasteiger partial charge < -0.3 is 10.6 Å². The van der Waals surface area contributed by atoms with Crippen molar-refractivity contribution >= 4 is 23.5 Å². The number of hydrogen-bond donors (Lipinski definition) is 2. The quantitative estimate of drug-likeness (QED) is 0.753. The Bertz CT molecular complexity index is 916. The third kappa shape index (κ3) is 4.19. The Morgan fingerprint density at radius 2 is 1.89 bits per heavy atom. The first-order valence-corrected chi connectivity index (χ1v) is 9.02. The highest BCUT2D eigenvalue weighted by atomic mass is 19.1. The maximum absolute atomic E-state index is 13.2. The molecule has 3 rings (SSSR count). The lowest BCUT2D eigenvalue weighted by Gasteiger charge is -2.21. The zero-order chi connectivity index (χ0) is 20.3. The Morgan fingerprint density at radius 3 is 2.57 bits per heavy atom. The predicted octanol–water partition coefficient (Wildman–Crippen LogP) is 3.02. The molecule has 2 aromatic carbocycles. The molecule has 2 aromatic rings. The van der Waals surface area contributed by atoms with Crippen LogP contribution in [-0.2, 0) is 16.0 Å². The number of nitrogens with one attached hydrogen (secondary N) is 2. The first-order valence-electron chi connectivity index (χ1n) is 9.02. The van der Waals surface area contributed by atoms with E-state index < -0.39 is 35.7 Å².